The topological polar surface area (TPSA) is 80.1 Å². The Morgan fingerprint density at radius 3 is 2.00 bits per heavy atom. The molecule has 0 aliphatic carbocycles. The maximum atomic E-state index is 11.0. The number of rotatable bonds is 4. The largest absolute Gasteiger partial charge is 0.454 e. The number of nitriles is 1. The standard InChI is InChI=1S/C23H13ClN2O3/c24-18-10-6-17(7-11-18)23-21(15-8-12-19(13-9-15)26(27)28)20(14-25)22(29-23)16-4-2-1-3-5-16/h1-13H. The summed E-state index contributed by atoms with van der Waals surface area (Å²) in [7, 11) is 0. The highest BCUT2D eigenvalue weighted by molar-refractivity contribution is 6.30. The molecular formula is C23H13ClN2O3. The molecule has 4 aromatic rings. The quantitative estimate of drug-likeness (QED) is 0.281. The van der Waals surface area contributed by atoms with Crippen molar-refractivity contribution in [2.45, 2.75) is 0 Å². The Balaban J connectivity index is 1.98. The van der Waals surface area contributed by atoms with Crippen LogP contribution < -0.4 is 0 Å². The number of nitrogens with zero attached hydrogens (tertiary/aromatic N) is 2. The van der Waals surface area contributed by atoms with Crippen LogP contribution in [0.2, 0.25) is 5.02 Å². The predicted octanol–water partition coefficient (Wildman–Crippen LogP) is 6.71. The lowest BCUT2D eigenvalue weighted by molar-refractivity contribution is -0.384. The fraction of sp³-hybridized carbons (Fsp3) is 0. The first-order valence-electron chi connectivity index (χ1n) is 8.71. The van der Waals surface area contributed by atoms with Crippen LogP contribution in [0, 0.1) is 21.4 Å². The Labute approximate surface area is 171 Å². The lowest BCUT2D eigenvalue weighted by Crippen LogP contribution is -1.89. The van der Waals surface area contributed by atoms with Gasteiger partial charge in [-0.15, -0.1) is 0 Å². The average Bonchev–Trinajstić information content (AvgIpc) is 3.14. The van der Waals surface area contributed by atoms with Crippen molar-refractivity contribution >= 4 is 17.3 Å². The third kappa shape index (κ3) is 3.49. The molecule has 4 rings (SSSR count). The molecule has 140 valence electrons. The van der Waals surface area contributed by atoms with Gasteiger partial charge in [0.25, 0.3) is 5.69 Å². The van der Waals surface area contributed by atoms with Crippen molar-refractivity contribution in [2.75, 3.05) is 0 Å². The summed E-state index contributed by atoms with van der Waals surface area (Å²) in [6, 6.07) is 24.8. The Morgan fingerprint density at radius 2 is 1.41 bits per heavy atom. The Morgan fingerprint density at radius 1 is 0.828 bits per heavy atom. The lowest BCUT2D eigenvalue weighted by atomic mass is 9.96. The first-order chi connectivity index (χ1) is 14.1. The molecule has 0 spiro atoms. The Bertz CT molecular complexity index is 1220. The third-order valence-corrected chi connectivity index (χ3v) is 4.78. The zero-order chi connectivity index (χ0) is 20.4. The van der Waals surface area contributed by atoms with E-state index < -0.39 is 4.92 Å². The maximum absolute atomic E-state index is 11.0. The number of halogens is 1. The maximum Gasteiger partial charge on any atom is 0.269 e. The first kappa shape index (κ1) is 18.5. The van der Waals surface area contributed by atoms with E-state index in [4.69, 9.17) is 16.0 Å². The molecule has 0 atom stereocenters. The van der Waals surface area contributed by atoms with Crippen LogP contribution in [-0.2, 0) is 0 Å². The van der Waals surface area contributed by atoms with Gasteiger partial charge in [-0.1, -0.05) is 41.9 Å². The van der Waals surface area contributed by atoms with E-state index >= 15 is 0 Å². The molecule has 29 heavy (non-hydrogen) atoms. The Kier molecular flexibility index (Phi) is 4.86. The van der Waals surface area contributed by atoms with Crippen molar-refractivity contribution in [1.29, 1.82) is 5.26 Å². The number of hydrogen-bond donors (Lipinski definition) is 0. The van der Waals surface area contributed by atoms with Crippen molar-refractivity contribution in [3.63, 3.8) is 0 Å². The second-order valence-electron chi connectivity index (χ2n) is 6.30. The molecule has 1 aromatic heterocycles. The summed E-state index contributed by atoms with van der Waals surface area (Å²) in [5.74, 6) is 0.956. The summed E-state index contributed by atoms with van der Waals surface area (Å²) in [5, 5.41) is 21.5. The summed E-state index contributed by atoms with van der Waals surface area (Å²) in [6.45, 7) is 0. The fourth-order valence-corrected chi connectivity index (χ4v) is 3.29. The second-order valence-corrected chi connectivity index (χ2v) is 6.74. The highest BCUT2D eigenvalue weighted by atomic mass is 35.5. The SMILES string of the molecule is N#Cc1c(-c2ccccc2)oc(-c2ccc(Cl)cc2)c1-c1ccc([N+](=O)[O-])cc1. The molecule has 1 heterocycles. The van der Waals surface area contributed by atoms with Crippen LogP contribution in [0.3, 0.4) is 0 Å². The van der Waals surface area contributed by atoms with E-state index in [-0.39, 0.29) is 5.69 Å². The van der Waals surface area contributed by atoms with Gasteiger partial charge in [-0.25, -0.2) is 0 Å². The lowest BCUT2D eigenvalue weighted by Gasteiger charge is -2.04. The number of hydrogen-bond acceptors (Lipinski definition) is 4. The monoisotopic (exact) mass is 400 g/mol. The van der Waals surface area contributed by atoms with Gasteiger partial charge in [0.15, 0.2) is 5.76 Å². The van der Waals surface area contributed by atoms with Crippen molar-refractivity contribution in [3.05, 3.63) is 99.6 Å². The number of nitro benzene ring substituents is 1. The fourth-order valence-electron chi connectivity index (χ4n) is 3.16. The van der Waals surface area contributed by atoms with Crippen LogP contribution in [0.15, 0.2) is 83.3 Å². The van der Waals surface area contributed by atoms with E-state index in [1.54, 1.807) is 24.3 Å². The van der Waals surface area contributed by atoms with E-state index in [0.717, 1.165) is 11.1 Å². The molecule has 0 radical (unpaired) electrons. The van der Waals surface area contributed by atoms with E-state index in [1.807, 2.05) is 42.5 Å². The molecule has 0 saturated carbocycles. The summed E-state index contributed by atoms with van der Waals surface area (Å²) in [5.41, 5.74) is 3.11. The van der Waals surface area contributed by atoms with E-state index in [9.17, 15) is 15.4 Å². The van der Waals surface area contributed by atoms with E-state index in [0.29, 0.717) is 33.2 Å². The minimum atomic E-state index is -0.458. The second kappa shape index (κ2) is 7.63. The van der Waals surface area contributed by atoms with Crippen LogP contribution in [0.1, 0.15) is 5.56 Å². The normalized spacial score (nSPS) is 10.5. The number of furan rings is 1. The van der Waals surface area contributed by atoms with Crippen molar-refractivity contribution < 1.29 is 9.34 Å². The summed E-state index contributed by atoms with van der Waals surface area (Å²) in [4.78, 5) is 10.5. The first-order valence-corrected chi connectivity index (χ1v) is 9.09. The van der Waals surface area contributed by atoms with E-state index in [2.05, 4.69) is 6.07 Å². The van der Waals surface area contributed by atoms with Crippen molar-refractivity contribution in [3.8, 4) is 39.8 Å². The smallest absolute Gasteiger partial charge is 0.269 e. The van der Waals surface area contributed by atoms with Crippen LogP contribution in [0.4, 0.5) is 5.69 Å². The van der Waals surface area contributed by atoms with Crippen LogP contribution in [-0.4, -0.2) is 4.92 Å². The molecule has 5 nitrogen and oxygen atoms in total. The third-order valence-electron chi connectivity index (χ3n) is 4.53. The average molecular weight is 401 g/mol. The van der Waals surface area contributed by atoms with Crippen molar-refractivity contribution in [1.82, 2.24) is 0 Å². The van der Waals surface area contributed by atoms with Gasteiger partial charge in [0.05, 0.1) is 4.92 Å². The molecule has 0 N–H and O–H groups in total. The van der Waals surface area contributed by atoms with E-state index in [1.165, 1.54) is 12.1 Å². The molecule has 0 aliphatic heterocycles. The van der Waals surface area contributed by atoms with Crippen LogP contribution >= 0.6 is 11.6 Å². The van der Waals surface area contributed by atoms with Gasteiger partial charge in [-0.3, -0.25) is 10.1 Å². The molecule has 6 heteroatoms. The summed E-state index contributed by atoms with van der Waals surface area (Å²) >= 11 is 6.02. The molecule has 0 saturated heterocycles. The molecule has 0 bridgehead atoms. The molecule has 0 unspecified atom stereocenters. The summed E-state index contributed by atoms with van der Waals surface area (Å²) < 4.78 is 6.18. The van der Waals surface area contributed by atoms with Gasteiger partial charge in [0, 0.05) is 33.8 Å². The number of benzene rings is 3. The minimum absolute atomic E-state index is 0.0212. The van der Waals surface area contributed by atoms with Crippen LogP contribution in [0.5, 0.6) is 0 Å². The molecule has 0 fully saturated rings. The number of non-ortho nitro benzene ring substituents is 1. The zero-order valence-electron chi connectivity index (χ0n) is 15.0. The summed E-state index contributed by atoms with van der Waals surface area (Å²) in [6.07, 6.45) is 0. The Hall–Kier alpha value is -3.88. The van der Waals surface area contributed by atoms with Gasteiger partial charge in [-0.05, 0) is 42.0 Å². The molecular weight excluding hydrogens is 388 g/mol. The number of nitro groups is 1. The van der Waals surface area contributed by atoms with Gasteiger partial charge >= 0.3 is 0 Å². The van der Waals surface area contributed by atoms with Gasteiger partial charge in [0.1, 0.15) is 17.4 Å². The highest BCUT2D eigenvalue weighted by Crippen LogP contribution is 2.43. The van der Waals surface area contributed by atoms with Gasteiger partial charge in [-0.2, -0.15) is 5.26 Å². The van der Waals surface area contributed by atoms with Gasteiger partial charge in [0.2, 0.25) is 0 Å². The highest BCUT2D eigenvalue weighted by Gasteiger charge is 2.24. The molecule has 0 aliphatic rings. The molecule has 0 amide bonds. The van der Waals surface area contributed by atoms with Gasteiger partial charge < -0.3 is 4.42 Å². The predicted molar refractivity (Wildman–Crippen MR) is 111 cm³/mol. The van der Waals surface area contributed by atoms with Crippen LogP contribution in [0.25, 0.3) is 33.8 Å². The zero-order valence-corrected chi connectivity index (χ0v) is 15.8. The van der Waals surface area contributed by atoms with Crippen molar-refractivity contribution in [2.24, 2.45) is 0 Å². The minimum Gasteiger partial charge on any atom is -0.454 e. The molecule has 3 aromatic carbocycles.